The number of hydrogen-bond donors (Lipinski definition) is 1. The van der Waals surface area contributed by atoms with Crippen molar-refractivity contribution in [1.82, 2.24) is 4.98 Å². The van der Waals surface area contributed by atoms with E-state index in [1.807, 2.05) is 0 Å². The highest BCUT2D eigenvalue weighted by molar-refractivity contribution is 7.90. The van der Waals surface area contributed by atoms with Crippen LogP contribution in [0.25, 0.3) is 0 Å². The third-order valence-electron chi connectivity index (χ3n) is 3.99. The first-order chi connectivity index (χ1) is 12.4. The Hall–Kier alpha value is -2.45. The van der Waals surface area contributed by atoms with Gasteiger partial charge in [0.05, 0.1) is 21.2 Å². The highest BCUT2D eigenvalue weighted by Gasteiger charge is 2.22. The number of aryl methyl sites for hydroxylation is 1. The lowest BCUT2D eigenvalue weighted by atomic mass is 10.1. The Labute approximate surface area is 161 Å². The molecule has 7 nitrogen and oxygen atoms in total. The van der Waals surface area contributed by atoms with Crippen molar-refractivity contribution >= 4 is 39.0 Å². The first-order valence-corrected chi connectivity index (χ1v) is 10.1. The molecule has 0 atom stereocenters. The lowest BCUT2D eigenvalue weighted by Gasteiger charge is -2.07. The number of aromatic nitrogens is 1. The average Bonchev–Trinajstić information content (AvgIpc) is 2.86. The molecule has 2 rings (SSSR count). The SMILES string of the molecule is CC(=O)c1c(C)[nH]c(C(=O)COC(=O)c2cc(S(C)(=O)=O)ccc2Cl)c1C. The monoisotopic (exact) mass is 411 g/mol. The largest absolute Gasteiger partial charge is 0.454 e. The molecular weight excluding hydrogens is 394 g/mol. The van der Waals surface area contributed by atoms with Crippen LogP contribution < -0.4 is 0 Å². The minimum atomic E-state index is -3.54. The number of H-pyrrole nitrogens is 1. The number of benzene rings is 1. The van der Waals surface area contributed by atoms with Crippen LogP contribution in [0.5, 0.6) is 0 Å². The zero-order chi connectivity index (χ0) is 20.5. The van der Waals surface area contributed by atoms with E-state index in [4.69, 9.17) is 16.3 Å². The van der Waals surface area contributed by atoms with Gasteiger partial charge in [-0.05, 0) is 44.5 Å². The van der Waals surface area contributed by atoms with Crippen LogP contribution in [0.3, 0.4) is 0 Å². The molecular formula is C18H18ClNO6S. The van der Waals surface area contributed by atoms with E-state index in [1.54, 1.807) is 13.8 Å². The van der Waals surface area contributed by atoms with Crippen LogP contribution in [0.2, 0.25) is 5.02 Å². The number of ether oxygens (including phenoxy) is 1. The summed E-state index contributed by atoms with van der Waals surface area (Å²) in [6.07, 6.45) is 0.998. The first-order valence-electron chi connectivity index (χ1n) is 7.83. The average molecular weight is 412 g/mol. The lowest BCUT2D eigenvalue weighted by Crippen LogP contribution is -2.16. The Morgan fingerprint density at radius 2 is 1.81 bits per heavy atom. The molecule has 0 unspecified atom stereocenters. The van der Waals surface area contributed by atoms with Crippen molar-refractivity contribution in [3.8, 4) is 0 Å². The van der Waals surface area contributed by atoms with Crippen LogP contribution in [-0.4, -0.2) is 43.8 Å². The van der Waals surface area contributed by atoms with E-state index < -0.39 is 28.2 Å². The molecule has 0 aliphatic heterocycles. The second-order valence-corrected chi connectivity index (χ2v) is 8.52. The number of aromatic amines is 1. The number of hydrogen-bond acceptors (Lipinski definition) is 6. The van der Waals surface area contributed by atoms with Gasteiger partial charge < -0.3 is 9.72 Å². The maximum atomic E-state index is 12.4. The van der Waals surface area contributed by atoms with Gasteiger partial charge in [0.1, 0.15) is 0 Å². The van der Waals surface area contributed by atoms with E-state index in [-0.39, 0.29) is 27.0 Å². The van der Waals surface area contributed by atoms with Crippen molar-refractivity contribution in [2.24, 2.45) is 0 Å². The molecule has 27 heavy (non-hydrogen) atoms. The Bertz CT molecular complexity index is 1050. The summed E-state index contributed by atoms with van der Waals surface area (Å²) in [5, 5.41) is 0.00520. The highest BCUT2D eigenvalue weighted by atomic mass is 35.5. The molecule has 9 heteroatoms. The molecule has 144 valence electrons. The zero-order valence-electron chi connectivity index (χ0n) is 15.2. The minimum absolute atomic E-state index is 0.00520. The molecule has 0 spiro atoms. The molecule has 0 amide bonds. The molecule has 0 aliphatic rings. The summed E-state index contributed by atoms with van der Waals surface area (Å²) < 4.78 is 28.2. The van der Waals surface area contributed by atoms with Gasteiger partial charge in [0, 0.05) is 17.5 Å². The van der Waals surface area contributed by atoms with Gasteiger partial charge >= 0.3 is 5.97 Å². The van der Waals surface area contributed by atoms with Gasteiger partial charge in [-0.3, -0.25) is 9.59 Å². The molecule has 1 aromatic carbocycles. The maximum Gasteiger partial charge on any atom is 0.340 e. The fourth-order valence-electron chi connectivity index (χ4n) is 2.73. The van der Waals surface area contributed by atoms with E-state index >= 15 is 0 Å². The predicted molar refractivity (Wildman–Crippen MR) is 99.4 cm³/mol. The summed E-state index contributed by atoms with van der Waals surface area (Å²) in [4.78, 5) is 39.0. The normalized spacial score (nSPS) is 11.3. The van der Waals surface area contributed by atoms with E-state index in [9.17, 15) is 22.8 Å². The second kappa shape index (κ2) is 7.66. The van der Waals surface area contributed by atoms with Crippen LogP contribution in [-0.2, 0) is 14.6 Å². The maximum absolute atomic E-state index is 12.4. The Morgan fingerprint density at radius 3 is 2.33 bits per heavy atom. The molecule has 0 aliphatic carbocycles. The third kappa shape index (κ3) is 4.45. The Kier molecular flexibility index (Phi) is 5.91. The van der Waals surface area contributed by atoms with Crippen LogP contribution in [0.1, 0.15) is 49.4 Å². The van der Waals surface area contributed by atoms with Gasteiger partial charge in [-0.2, -0.15) is 0 Å². The summed E-state index contributed by atoms with van der Waals surface area (Å²) in [5.74, 6) is -1.62. The number of carbonyl (C=O) groups is 3. The zero-order valence-corrected chi connectivity index (χ0v) is 16.7. The second-order valence-electron chi connectivity index (χ2n) is 6.09. The van der Waals surface area contributed by atoms with Crippen LogP contribution in [0, 0.1) is 13.8 Å². The predicted octanol–water partition coefficient (Wildman–Crippen LogP) is 2.93. The van der Waals surface area contributed by atoms with Crippen molar-refractivity contribution in [2.75, 3.05) is 12.9 Å². The Morgan fingerprint density at radius 1 is 1.19 bits per heavy atom. The quantitative estimate of drug-likeness (QED) is 0.578. The standard InChI is InChI=1S/C18H18ClNO6S/c1-9-16(11(3)21)10(2)20-17(9)15(22)8-26-18(23)13-7-12(27(4,24)25)5-6-14(13)19/h5-7,20H,8H2,1-4H3. The number of Topliss-reactive ketones (excluding diaryl/α,β-unsaturated/α-hetero) is 2. The molecule has 0 saturated carbocycles. The number of esters is 1. The van der Waals surface area contributed by atoms with Crippen LogP contribution in [0.4, 0.5) is 0 Å². The number of nitrogens with one attached hydrogen (secondary N) is 1. The van der Waals surface area contributed by atoms with Crippen molar-refractivity contribution in [2.45, 2.75) is 25.7 Å². The van der Waals surface area contributed by atoms with Crippen molar-refractivity contribution < 1.29 is 27.5 Å². The molecule has 1 aromatic heterocycles. The van der Waals surface area contributed by atoms with Crippen molar-refractivity contribution in [3.63, 3.8) is 0 Å². The van der Waals surface area contributed by atoms with Gasteiger partial charge in [0.15, 0.2) is 22.2 Å². The minimum Gasteiger partial charge on any atom is -0.454 e. The van der Waals surface area contributed by atoms with Crippen molar-refractivity contribution in [1.29, 1.82) is 0 Å². The van der Waals surface area contributed by atoms with Gasteiger partial charge in [0.2, 0.25) is 5.78 Å². The number of carbonyl (C=O) groups excluding carboxylic acids is 3. The number of halogens is 1. The summed E-state index contributed by atoms with van der Waals surface area (Å²) in [5.41, 5.74) is 1.49. The number of ketones is 2. The van der Waals surface area contributed by atoms with Crippen molar-refractivity contribution in [3.05, 3.63) is 51.3 Å². The summed E-state index contributed by atoms with van der Waals surface area (Å²) >= 11 is 5.93. The van der Waals surface area contributed by atoms with E-state index in [2.05, 4.69) is 4.98 Å². The molecule has 0 radical (unpaired) electrons. The molecule has 0 saturated heterocycles. The fraction of sp³-hybridized carbons (Fsp3) is 0.278. The molecule has 2 aromatic rings. The Balaban J connectivity index is 2.20. The number of sulfone groups is 1. The van der Waals surface area contributed by atoms with Gasteiger partial charge in [-0.1, -0.05) is 11.6 Å². The topological polar surface area (TPSA) is 110 Å². The molecule has 1 heterocycles. The molecule has 1 N–H and O–H groups in total. The summed E-state index contributed by atoms with van der Waals surface area (Å²) in [6, 6.07) is 3.64. The van der Waals surface area contributed by atoms with Crippen LogP contribution >= 0.6 is 11.6 Å². The van der Waals surface area contributed by atoms with Gasteiger partial charge in [0.25, 0.3) is 0 Å². The van der Waals surface area contributed by atoms with Gasteiger partial charge in [-0.15, -0.1) is 0 Å². The first kappa shape index (κ1) is 20.9. The lowest BCUT2D eigenvalue weighted by molar-refractivity contribution is 0.0473. The van der Waals surface area contributed by atoms with E-state index in [0.29, 0.717) is 16.8 Å². The smallest absolute Gasteiger partial charge is 0.340 e. The fourth-order valence-corrected chi connectivity index (χ4v) is 3.57. The summed E-state index contributed by atoms with van der Waals surface area (Å²) in [6.45, 7) is 4.11. The van der Waals surface area contributed by atoms with E-state index in [0.717, 1.165) is 12.3 Å². The third-order valence-corrected chi connectivity index (χ3v) is 5.43. The highest BCUT2D eigenvalue weighted by Crippen LogP contribution is 2.22. The van der Waals surface area contributed by atoms with Gasteiger partial charge in [-0.25, -0.2) is 13.2 Å². The number of rotatable bonds is 6. The molecule has 0 fully saturated rings. The van der Waals surface area contributed by atoms with Crippen LogP contribution in [0.15, 0.2) is 23.1 Å². The summed E-state index contributed by atoms with van der Waals surface area (Å²) in [7, 11) is -3.54. The van der Waals surface area contributed by atoms with E-state index in [1.165, 1.54) is 19.1 Å². The molecule has 0 bridgehead atoms.